The highest BCUT2D eigenvalue weighted by molar-refractivity contribution is 5.88. The number of carboxylic acid groups (broad SMARTS) is 1. The minimum Gasteiger partial charge on any atom is -0.481 e. The lowest BCUT2D eigenvalue weighted by Gasteiger charge is -2.09. The standard InChI is InChI=1S/C12H11NO3/c1-7-9-6-8(2-3-10(9)16-13-7)12(4-5-12)11(14)15/h2-3,6H,4-5H2,1H3,(H,14,15). The molecule has 16 heavy (non-hydrogen) atoms. The van der Waals surface area contributed by atoms with Gasteiger partial charge in [0.05, 0.1) is 11.1 Å². The van der Waals surface area contributed by atoms with E-state index in [1.807, 2.05) is 19.1 Å². The molecule has 1 saturated carbocycles. The molecule has 0 atom stereocenters. The molecule has 1 heterocycles. The van der Waals surface area contributed by atoms with Crippen LogP contribution in [0.1, 0.15) is 24.1 Å². The maximum absolute atomic E-state index is 11.2. The first-order valence-electron chi connectivity index (χ1n) is 5.23. The second kappa shape index (κ2) is 2.84. The number of rotatable bonds is 2. The predicted molar refractivity (Wildman–Crippen MR) is 57.3 cm³/mol. The molecule has 0 bridgehead atoms. The van der Waals surface area contributed by atoms with Crippen LogP contribution >= 0.6 is 0 Å². The normalized spacial score (nSPS) is 17.6. The minimum atomic E-state index is -0.735. The molecule has 0 unspecified atom stereocenters. The number of carboxylic acids is 1. The minimum absolute atomic E-state index is 0.655. The van der Waals surface area contributed by atoms with E-state index in [1.54, 1.807) is 6.07 Å². The van der Waals surface area contributed by atoms with Gasteiger partial charge in [-0.15, -0.1) is 0 Å². The molecule has 1 aromatic carbocycles. The Morgan fingerprint density at radius 3 is 2.88 bits per heavy atom. The lowest BCUT2D eigenvalue weighted by atomic mass is 9.95. The molecule has 1 fully saturated rings. The van der Waals surface area contributed by atoms with Crippen molar-refractivity contribution >= 4 is 16.9 Å². The van der Waals surface area contributed by atoms with Crippen molar-refractivity contribution in [2.45, 2.75) is 25.2 Å². The van der Waals surface area contributed by atoms with E-state index in [0.29, 0.717) is 5.58 Å². The largest absolute Gasteiger partial charge is 0.481 e. The third-order valence-corrected chi connectivity index (χ3v) is 3.36. The number of carbonyl (C=O) groups is 1. The quantitative estimate of drug-likeness (QED) is 0.837. The van der Waals surface area contributed by atoms with E-state index in [2.05, 4.69) is 5.16 Å². The van der Waals surface area contributed by atoms with Crippen molar-refractivity contribution in [1.82, 2.24) is 5.16 Å². The Labute approximate surface area is 91.9 Å². The Hall–Kier alpha value is -1.84. The van der Waals surface area contributed by atoms with E-state index >= 15 is 0 Å². The van der Waals surface area contributed by atoms with Gasteiger partial charge < -0.3 is 9.63 Å². The number of benzene rings is 1. The van der Waals surface area contributed by atoms with Crippen LogP contribution in [0.2, 0.25) is 0 Å². The Kier molecular flexibility index (Phi) is 1.67. The van der Waals surface area contributed by atoms with E-state index in [-0.39, 0.29) is 0 Å². The van der Waals surface area contributed by atoms with Crippen LogP contribution in [-0.4, -0.2) is 16.2 Å². The van der Waals surface area contributed by atoms with Gasteiger partial charge >= 0.3 is 5.97 Å². The molecule has 2 aromatic rings. The van der Waals surface area contributed by atoms with Crippen molar-refractivity contribution in [3.63, 3.8) is 0 Å². The molecule has 0 spiro atoms. The summed E-state index contributed by atoms with van der Waals surface area (Å²) in [5, 5.41) is 14.0. The highest BCUT2D eigenvalue weighted by Crippen LogP contribution is 2.49. The van der Waals surface area contributed by atoms with Crippen LogP contribution in [0.5, 0.6) is 0 Å². The second-order valence-corrected chi connectivity index (χ2v) is 4.37. The predicted octanol–water partition coefficient (Wildman–Crippen LogP) is 2.25. The smallest absolute Gasteiger partial charge is 0.314 e. The van der Waals surface area contributed by atoms with Gasteiger partial charge in [-0.2, -0.15) is 0 Å². The molecule has 1 aliphatic rings. The number of hydrogen-bond acceptors (Lipinski definition) is 3. The molecule has 0 radical (unpaired) electrons. The zero-order valence-corrected chi connectivity index (χ0v) is 8.86. The van der Waals surface area contributed by atoms with Crippen LogP contribution < -0.4 is 0 Å². The van der Waals surface area contributed by atoms with Gasteiger partial charge in [0.2, 0.25) is 0 Å². The third kappa shape index (κ3) is 1.10. The molecule has 4 nitrogen and oxygen atoms in total. The average Bonchev–Trinajstić information content (AvgIpc) is 3.01. The molecule has 3 rings (SSSR count). The SMILES string of the molecule is Cc1noc2ccc(C3(C(=O)O)CC3)cc12. The highest BCUT2D eigenvalue weighted by Gasteiger charge is 2.51. The maximum Gasteiger partial charge on any atom is 0.314 e. The second-order valence-electron chi connectivity index (χ2n) is 4.37. The van der Waals surface area contributed by atoms with Crippen LogP contribution in [0.15, 0.2) is 22.7 Å². The molecule has 0 saturated heterocycles. The van der Waals surface area contributed by atoms with Gasteiger partial charge in [-0.3, -0.25) is 4.79 Å². The number of aryl methyl sites for hydroxylation is 1. The first kappa shape index (κ1) is 9.39. The van der Waals surface area contributed by atoms with Gasteiger partial charge in [0, 0.05) is 5.39 Å². The molecule has 4 heteroatoms. The van der Waals surface area contributed by atoms with E-state index in [4.69, 9.17) is 4.52 Å². The van der Waals surface area contributed by atoms with Gasteiger partial charge in [-0.25, -0.2) is 0 Å². The summed E-state index contributed by atoms with van der Waals surface area (Å²) in [6.45, 7) is 1.86. The van der Waals surface area contributed by atoms with Crippen molar-refractivity contribution < 1.29 is 14.4 Å². The monoisotopic (exact) mass is 217 g/mol. The van der Waals surface area contributed by atoms with Gasteiger partial charge in [0.15, 0.2) is 5.58 Å². The number of aliphatic carboxylic acids is 1. The van der Waals surface area contributed by atoms with E-state index in [1.165, 1.54) is 0 Å². The lowest BCUT2D eigenvalue weighted by molar-refractivity contribution is -0.140. The Morgan fingerprint density at radius 1 is 1.50 bits per heavy atom. The van der Waals surface area contributed by atoms with Crippen LogP contribution in [0, 0.1) is 6.92 Å². The number of hydrogen-bond donors (Lipinski definition) is 1. The van der Waals surface area contributed by atoms with Gasteiger partial charge in [-0.1, -0.05) is 11.2 Å². The van der Waals surface area contributed by atoms with Crippen LogP contribution in [0.3, 0.4) is 0 Å². The van der Waals surface area contributed by atoms with Crippen LogP contribution in [0.4, 0.5) is 0 Å². The summed E-state index contributed by atoms with van der Waals surface area (Å²) in [5.41, 5.74) is 1.72. The highest BCUT2D eigenvalue weighted by atomic mass is 16.5. The van der Waals surface area contributed by atoms with Crippen molar-refractivity contribution in [3.05, 3.63) is 29.5 Å². The third-order valence-electron chi connectivity index (χ3n) is 3.36. The molecule has 1 aromatic heterocycles. The maximum atomic E-state index is 11.2. The molecule has 1 aliphatic carbocycles. The zero-order chi connectivity index (χ0) is 11.3. The Morgan fingerprint density at radius 2 is 2.25 bits per heavy atom. The first-order valence-corrected chi connectivity index (χ1v) is 5.23. The molecule has 0 aliphatic heterocycles. The van der Waals surface area contributed by atoms with Crippen LogP contribution in [-0.2, 0) is 10.2 Å². The van der Waals surface area contributed by atoms with Crippen molar-refractivity contribution in [2.24, 2.45) is 0 Å². The summed E-state index contributed by atoms with van der Waals surface area (Å²) in [6, 6.07) is 5.52. The fourth-order valence-corrected chi connectivity index (χ4v) is 2.11. The summed E-state index contributed by atoms with van der Waals surface area (Å²) in [7, 11) is 0. The zero-order valence-electron chi connectivity index (χ0n) is 8.86. The molecule has 0 amide bonds. The van der Waals surface area contributed by atoms with Gasteiger partial charge in [0.25, 0.3) is 0 Å². The van der Waals surface area contributed by atoms with Crippen molar-refractivity contribution in [3.8, 4) is 0 Å². The molecule has 1 N–H and O–H groups in total. The van der Waals surface area contributed by atoms with Gasteiger partial charge in [0.1, 0.15) is 0 Å². The summed E-state index contributed by atoms with van der Waals surface area (Å²) in [5.74, 6) is -0.735. The number of aromatic nitrogens is 1. The van der Waals surface area contributed by atoms with E-state index in [0.717, 1.165) is 29.5 Å². The Bertz CT molecular complexity index is 581. The van der Waals surface area contributed by atoms with Crippen LogP contribution in [0.25, 0.3) is 11.0 Å². The Balaban J connectivity index is 2.18. The fourth-order valence-electron chi connectivity index (χ4n) is 2.11. The van der Waals surface area contributed by atoms with Crippen molar-refractivity contribution in [1.29, 1.82) is 0 Å². The lowest BCUT2D eigenvalue weighted by Crippen LogP contribution is -2.19. The number of fused-ring (bicyclic) bond motifs is 1. The number of nitrogens with zero attached hydrogens (tertiary/aromatic N) is 1. The summed E-state index contributed by atoms with van der Waals surface area (Å²) >= 11 is 0. The average molecular weight is 217 g/mol. The molecule has 82 valence electrons. The van der Waals surface area contributed by atoms with Crippen molar-refractivity contribution in [2.75, 3.05) is 0 Å². The summed E-state index contributed by atoms with van der Waals surface area (Å²) in [4.78, 5) is 11.2. The first-order chi connectivity index (χ1) is 7.63. The van der Waals surface area contributed by atoms with E-state index in [9.17, 15) is 9.90 Å². The summed E-state index contributed by atoms with van der Waals surface area (Å²) < 4.78 is 5.10. The van der Waals surface area contributed by atoms with Gasteiger partial charge in [-0.05, 0) is 37.5 Å². The molecular formula is C12H11NO3. The summed E-state index contributed by atoms with van der Waals surface area (Å²) in [6.07, 6.45) is 1.44. The fraction of sp³-hybridized carbons (Fsp3) is 0.333. The molecular weight excluding hydrogens is 206 g/mol. The van der Waals surface area contributed by atoms with E-state index < -0.39 is 11.4 Å². The topological polar surface area (TPSA) is 63.3 Å².